The molecule has 2 aromatic rings. The Bertz CT molecular complexity index is 823. The van der Waals surface area contributed by atoms with E-state index >= 15 is 0 Å². The molecule has 0 aliphatic heterocycles. The summed E-state index contributed by atoms with van der Waals surface area (Å²) in [4.78, 5) is 15.6. The maximum atomic E-state index is 13.3. The van der Waals surface area contributed by atoms with Gasteiger partial charge in [-0.05, 0) is 43.7 Å². The average molecular weight is 384 g/mol. The number of ether oxygens (including phenoxy) is 2. The van der Waals surface area contributed by atoms with E-state index in [1.807, 2.05) is 13.8 Å². The lowest BCUT2D eigenvalue weighted by Crippen LogP contribution is -2.14. The summed E-state index contributed by atoms with van der Waals surface area (Å²) < 4.78 is 49.8. The van der Waals surface area contributed by atoms with E-state index in [9.17, 15) is 18.0 Å². The highest BCUT2D eigenvalue weighted by molar-refractivity contribution is 5.96. The van der Waals surface area contributed by atoms with Gasteiger partial charge in [-0.1, -0.05) is 0 Å². The zero-order valence-corrected chi connectivity index (χ0v) is 14.9. The maximum Gasteiger partial charge on any atom is 0.421 e. The molecule has 0 unspecified atom stereocenters. The number of aliphatic hydroxyl groups excluding tert-OH is 1. The number of aromatic nitrogens is 1. The molecule has 146 valence electrons. The molecule has 0 spiro atoms. The Balaban J connectivity index is 2.44. The quantitative estimate of drug-likeness (QED) is 0.733. The molecule has 0 aliphatic rings. The van der Waals surface area contributed by atoms with Crippen molar-refractivity contribution in [2.24, 2.45) is 0 Å². The molecule has 0 bridgehead atoms. The van der Waals surface area contributed by atoms with Gasteiger partial charge in [-0.15, -0.1) is 0 Å². The second-order valence-corrected chi connectivity index (χ2v) is 5.95. The van der Waals surface area contributed by atoms with Crippen molar-refractivity contribution in [3.05, 3.63) is 47.2 Å². The molecule has 9 heteroatoms. The number of nitrogens with zero attached hydrogens (tertiary/aromatic N) is 1. The molecule has 0 saturated heterocycles. The Morgan fingerprint density at radius 1 is 1.30 bits per heavy atom. The van der Waals surface area contributed by atoms with Crippen LogP contribution >= 0.6 is 0 Å². The number of carbonyl (C=O) groups is 1. The molecule has 0 atom stereocenters. The number of anilines is 1. The molecule has 0 saturated carbocycles. The van der Waals surface area contributed by atoms with Gasteiger partial charge >= 0.3 is 12.1 Å². The topological polar surface area (TPSA) is 80.7 Å². The Morgan fingerprint density at radius 3 is 2.56 bits per heavy atom. The molecule has 0 radical (unpaired) electrons. The standard InChI is InChI=1S/C18H19F3N2O4/c1-10(2)23-15-5-4-12(7-13(15)17(25)26-3)27-16-14(18(19,20)21)6-11(9-24)8-22-16/h4-8,10,23-24H,9H2,1-3H3. The largest absolute Gasteiger partial charge is 0.465 e. The van der Waals surface area contributed by atoms with Gasteiger partial charge in [0.1, 0.15) is 11.3 Å². The number of rotatable bonds is 6. The Kier molecular flexibility index (Phi) is 6.27. The monoisotopic (exact) mass is 384 g/mol. The molecule has 0 amide bonds. The molecule has 1 aromatic carbocycles. The van der Waals surface area contributed by atoms with Crippen LogP contribution in [0.5, 0.6) is 11.6 Å². The van der Waals surface area contributed by atoms with Crippen LogP contribution in [0.1, 0.15) is 35.3 Å². The number of halogens is 3. The van der Waals surface area contributed by atoms with E-state index in [2.05, 4.69) is 10.3 Å². The van der Waals surface area contributed by atoms with Crippen molar-refractivity contribution in [1.29, 1.82) is 0 Å². The normalized spacial score (nSPS) is 11.4. The number of nitrogens with one attached hydrogen (secondary N) is 1. The minimum Gasteiger partial charge on any atom is -0.465 e. The molecule has 27 heavy (non-hydrogen) atoms. The summed E-state index contributed by atoms with van der Waals surface area (Å²) in [5.74, 6) is -1.36. The third-order valence-electron chi connectivity index (χ3n) is 3.45. The van der Waals surface area contributed by atoms with Crippen LogP contribution in [0.2, 0.25) is 0 Å². The van der Waals surface area contributed by atoms with Gasteiger partial charge in [0.2, 0.25) is 5.88 Å². The molecule has 2 N–H and O–H groups in total. The van der Waals surface area contributed by atoms with Crippen LogP contribution in [0.25, 0.3) is 0 Å². The van der Waals surface area contributed by atoms with Crippen molar-refractivity contribution in [3.63, 3.8) is 0 Å². The van der Waals surface area contributed by atoms with E-state index in [0.717, 1.165) is 12.3 Å². The first-order valence-electron chi connectivity index (χ1n) is 7.99. The SMILES string of the molecule is COC(=O)c1cc(Oc2ncc(CO)cc2C(F)(F)F)ccc1NC(C)C. The zero-order chi connectivity index (χ0) is 20.2. The lowest BCUT2D eigenvalue weighted by atomic mass is 10.1. The second-order valence-electron chi connectivity index (χ2n) is 5.95. The third kappa shape index (κ3) is 5.10. The van der Waals surface area contributed by atoms with Crippen molar-refractivity contribution in [3.8, 4) is 11.6 Å². The number of aliphatic hydroxyl groups is 1. The zero-order valence-electron chi connectivity index (χ0n) is 14.9. The van der Waals surface area contributed by atoms with Gasteiger partial charge in [-0.2, -0.15) is 13.2 Å². The first-order valence-corrected chi connectivity index (χ1v) is 7.99. The molecule has 1 aromatic heterocycles. The molecule has 0 fully saturated rings. The summed E-state index contributed by atoms with van der Waals surface area (Å²) in [7, 11) is 1.20. The summed E-state index contributed by atoms with van der Waals surface area (Å²) in [5.41, 5.74) is -0.549. The van der Waals surface area contributed by atoms with Gasteiger partial charge in [-0.25, -0.2) is 9.78 Å². The predicted molar refractivity (Wildman–Crippen MR) is 91.8 cm³/mol. The van der Waals surface area contributed by atoms with Crippen LogP contribution in [-0.2, 0) is 17.5 Å². The first kappa shape index (κ1) is 20.5. The number of esters is 1. The summed E-state index contributed by atoms with van der Waals surface area (Å²) >= 11 is 0. The van der Waals surface area contributed by atoms with E-state index in [0.29, 0.717) is 5.69 Å². The molecule has 1 heterocycles. The lowest BCUT2D eigenvalue weighted by Gasteiger charge is -2.16. The molecule has 6 nitrogen and oxygen atoms in total. The van der Waals surface area contributed by atoms with E-state index < -0.39 is 30.2 Å². The van der Waals surface area contributed by atoms with Crippen molar-refractivity contribution in [1.82, 2.24) is 4.98 Å². The van der Waals surface area contributed by atoms with Crippen LogP contribution in [0.15, 0.2) is 30.5 Å². The van der Waals surface area contributed by atoms with Crippen molar-refractivity contribution < 1.29 is 32.5 Å². The fourth-order valence-corrected chi connectivity index (χ4v) is 2.28. The van der Waals surface area contributed by atoms with Gasteiger partial charge in [0, 0.05) is 17.9 Å². The van der Waals surface area contributed by atoms with Crippen LogP contribution < -0.4 is 10.1 Å². The van der Waals surface area contributed by atoms with E-state index in [4.69, 9.17) is 14.6 Å². The lowest BCUT2D eigenvalue weighted by molar-refractivity contribution is -0.139. The average Bonchev–Trinajstić information content (AvgIpc) is 2.61. The fourth-order valence-electron chi connectivity index (χ4n) is 2.28. The molecular weight excluding hydrogens is 365 g/mol. The third-order valence-corrected chi connectivity index (χ3v) is 3.45. The van der Waals surface area contributed by atoms with Gasteiger partial charge in [0.15, 0.2) is 0 Å². The highest BCUT2D eigenvalue weighted by atomic mass is 19.4. The van der Waals surface area contributed by atoms with Crippen LogP contribution in [-0.4, -0.2) is 29.2 Å². The Labute approximate surface area is 153 Å². The highest BCUT2D eigenvalue weighted by Gasteiger charge is 2.36. The number of hydrogen-bond donors (Lipinski definition) is 2. The highest BCUT2D eigenvalue weighted by Crippen LogP contribution is 2.38. The van der Waals surface area contributed by atoms with Gasteiger partial charge < -0.3 is 19.9 Å². The first-order chi connectivity index (χ1) is 12.7. The number of alkyl halides is 3. The fraction of sp³-hybridized carbons (Fsp3) is 0.333. The minimum atomic E-state index is -4.72. The smallest absolute Gasteiger partial charge is 0.421 e. The summed E-state index contributed by atoms with van der Waals surface area (Å²) in [6.45, 7) is 3.15. The number of carbonyl (C=O) groups excluding carboxylic acids is 1. The summed E-state index contributed by atoms with van der Waals surface area (Å²) in [6, 6.07) is 4.98. The number of pyridine rings is 1. The maximum absolute atomic E-state index is 13.3. The summed E-state index contributed by atoms with van der Waals surface area (Å²) in [5, 5.41) is 12.1. The minimum absolute atomic E-state index is 0.00130. The van der Waals surface area contributed by atoms with Crippen molar-refractivity contribution >= 4 is 11.7 Å². The van der Waals surface area contributed by atoms with Gasteiger partial charge in [0.25, 0.3) is 0 Å². The predicted octanol–water partition coefficient (Wildman–Crippen LogP) is 3.99. The van der Waals surface area contributed by atoms with Crippen LogP contribution in [0, 0.1) is 0 Å². The van der Waals surface area contributed by atoms with Gasteiger partial charge in [0.05, 0.1) is 19.3 Å². The second kappa shape index (κ2) is 8.26. The van der Waals surface area contributed by atoms with E-state index in [1.54, 1.807) is 0 Å². The molecule has 2 rings (SSSR count). The number of methoxy groups -OCH3 is 1. The molecule has 0 aliphatic carbocycles. The van der Waals surface area contributed by atoms with Crippen LogP contribution in [0.4, 0.5) is 18.9 Å². The van der Waals surface area contributed by atoms with Crippen molar-refractivity contribution in [2.45, 2.75) is 32.7 Å². The van der Waals surface area contributed by atoms with E-state index in [1.165, 1.54) is 25.3 Å². The molecular formula is C18H19F3N2O4. The Hall–Kier alpha value is -2.81. The van der Waals surface area contributed by atoms with Crippen LogP contribution in [0.3, 0.4) is 0 Å². The van der Waals surface area contributed by atoms with Crippen molar-refractivity contribution in [2.75, 3.05) is 12.4 Å². The van der Waals surface area contributed by atoms with E-state index in [-0.39, 0.29) is 22.9 Å². The number of benzene rings is 1. The number of hydrogen-bond acceptors (Lipinski definition) is 6. The summed E-state index contributed by atoms with van der Waals surface area (Å²) in [6.07, 6.45) is -3.64. The van der Waals surface area contributed by atoms with Gasteiger partial charge in [-0.3, -0.25) is 0 Å². The Morgan fingerprint density at radius 2 is 2.00 bits per heavy atom.